The summed E-state index contributed by atoms with van der Waals surface area (Å²) in [6.45, 7) is 5.80. The molecule has 2 rings (SSSR count). The van der Waals surface area contributed by atoms with Crippen LogP contribution in [0.5, 0.6) is 11.5 Å². The van der Waals surface area contributed by atoms with Crippen LogP contribution in [0.1, 0.15) is 129 Å². The largest absolute Gasteiger partial charge is 0.493 e. The lowest BCUT2D eigenvalue weighted by molar-refractivity contribution is -0.137. The van der Waals surface area contributed by atoms with Crippen molar-refractivity contribution in [1.82, 2.24) is 0 Å². The number of aryl methyl sites for hydroxylation is 1. The van der Waals surface area contributed by atoms with Crippen LogP contribution in [0.2, 0.25) is 0 Å². The molecular weight excluding hydrogens is 512 g/mol. The molecule has 6 nitrogen and oxygen atoms in total. The molecule has 2 aromatic carbocycles. The molecule has 6 heteroatoms. The first-order valence-corrected chi connectivity index (χ1v) is 16.2. The number of hydrogen-bond donors (Lipinski definition) is 1. The van der Waals surface area contributed by atoms with Crippen LogP contribution < -0.4 is 9.47 Å². The van der Waals surface area contributed by atoms with Crippen LogP contribution >= 0.6 is 0 Å². The monoisotopic (exact) mass is 566 g/mol. The number of aliphatic carboxylic acids is 1. The van der Waals surface area contributed by atoms with Gasteiger partial charge < -0.3 is 14.6 Å². The number of hydrogen-bond acceptors (Lipinski definition) is 5. The molecule has 0 amide bonds. The van der Waals surface area contributed by atoms with Gasteiger partial charge in [0.25, 0.3) is 0 Å². The van der Waals surface area contributed by atoms with Gasteiger partial charge in [0, 0.05) is 12.5 Å². The fourth-order valence-electron chi connectivity index (χ4n) is 4.72. The van der Waals surface area contributed by atoms with Gasteiger partial charge in [-0.2, -0.15) is 5.11 Å². The zero-order valence-corrected chi connectivity index (χ0v) is 25.7. The Labute approximate surface area is 249 Å². The zero-order chi connectivity index (χ0) is 29.4. The average molecular weight is 567 g/mol. The van der Waals surface area contributed by atoms with E-state index >= 15 is 0 Å². The van der Waals surface area contributed by atoms with E-state index in [1.54, 1.807) is 0 Å². The first kappa shape index (κ1) is 34.3. The van der Waals surface area contributed by atoms with Gasteiger partial charge >= 0.3 is 5.97 Å². The standard InChI is InChI=1S/C35H54N2O4/c1-3-5-7-15-19-30-21-23-31(24-22-30)36-37-33-26-25-32(40-27-17-8-6-4-2)29-34(33)41-28-18-14-12-10-9-11-13-16-20-35(38)39/h21-26,29H,3-20,27-28H2,1-2H3,(H,38,39). The first-order chi connectivity index (χ1) is 20.1. The molecule has 228 valence electrons. The van der Waals surface area contributed by atoms with Crippen LogP contribution in [-0.2, 0) is 11.2 Å². The fourth-order valence-corrected chi connectivity index (χ4v) is 4.72. The summed E-state index contributed by atoms with van der Waals surface area (Å²) in [4.78, 5) is 10.6. The van der Waals surface area contributed by atoms with Gasteiger partial charge in [-0.05, 0) is 61.9 Å². The molecule has 0 saturated heterocycles. The molecule has 0 aliphatic rings. The molecule has 0 heterocycles. The van der Waals surface area contributed by atoms with Gasteiger partial charge in [0.05, 0.1) is 18.9 Å². The van der Waals surface area contributed by atoms with E-state index in [2.05, 4.69) is 36.2 Å². The number of carboxylic acid groups (broad SMARTS) is 1. The van der Waals surface area contributed by atoms with Crippen LogP contribution in [-0.4, -0.2) is 24.3 Å². The van der Waals surface area contributed by atoms with E-state index in [0.717, 1.165) is 56.4 Å². The third kappa shape index (κ3) is 16.8. The van der Waals surface area contributed by atoms with Gasteiger partial charge in [-0.3, -0.25) is 4.79 Å². The quantitative estimate of drug-likeness (QED) is 0.0957. The maximum absolute atomic E-state index is 10.6. The lowest BCUT2D eigenvalue weighted by atomic mass is 10.1. The summed E-state index contributed by atoms with van der Waals surface area (Å²) in [5, 5.41) is 17.7. The van der Waals surface area contributed by atoms with E-state index in [0.29, 0.717) is 24.7 Å². The highest BCUT2D eigenvalue weighted by Gasteiger charge is 2.07. The van der Waals surface area contributed by atoms with Crippen molar-refractivity contribution in [2.75, 3.05) is 13.2 Å². The summed E-state index contributed by atoms with van der Waals surface area (Å²) in [6.07, 6.45) is 19.7. The normalized spacial score (nSPS) is 11.3. The van der Waals surface area contributed by atoms with E-state index in [4.69, 9.17) is 14.6 Å². The molecule has 0 aromatic heterocycles. The summed E-state index contributed by atoms with van der Waals surface area (Å²) >= 11 is 0. The zero-order valence-electron chi connectivity index (χ0n) is 25.7. The number of carbonyl (C=O) groups is 1. The van der Waals surface area contributed by atoms with Crippen molar-refractivity contribution in [3.63, 3.8) is 0 Å². The van der Waals surface area contributed by atoms with Crippen molar-refractivity contribution in [1.29, 1.82) is 0 Å². The molecule has 0 radical (unpaired) electrons. The van der Waals surface area contributed by atoms with Crippen molar-refractivity contribution < 1.29 is 19.4 Å². The van der Waals surface area contributed by atoms with Crippen LogP contribution in [0.3, 0.4) is 0 Å². The van der Waals surface area contributed by atoms with Crippen LogP contribution in [0.4, 0.5) is 11.4 Å². The molecule has 0 aliphatic carbocycles. The average Bonchev–Trinajstić information content (AvgIpc) is 2.98. The van der Waals surface area contributed by atoms with Gasteiger partial charge in [-0.15, -0.1) is 5.11 Å². The molecule has 2 aromatic rings. The highest BCUT2D eigenvalue weighted by atomic mass is 16.5. The van der Waals surface area contributed by atoms with Gasteiger partial charge in [0.2, 0.25) is 0 Å². The maximum atomic E-state index is 10.6. The van der Waals surface area contributed by atoms with Crippen molar-refractivity contribution in [2.45, 2.75) is 129 Å². The molecule has 0 spiro atoms. The highest BCUT2D eigenvalue weighted by molar-refractivity contribution is 5.66. The third-order valence-electron chi connectivity index (χ3n) is 7.27. The molecule has 0 unspecified atom stereocenters. The predicted molar refractivity (Wildman–Crippen MR) is 169 cm³/mol. The number of ether oxygens (including phenoxy) is 2. The minimum Gasteiger partial charge on any atom is -0.493 e. The third-order valence-corrected chi connectivity index (χ3v) is 7.27. The number of nitrogens with zero attached hydrogens (tertiary/aromatic N) is 2. The van der Waals surface area contributed by atoms with Crippen LogP contribution in [0.25, 0.3) is 0 Å². The molecule has 1 N–H and O–H groups in total. The maximum Gasteiger partial charge on any atom is 0.303 e. The molecule has 0 bridgehead atoms. The summed E-state index contributed by atoms with van der Waals surface area (Å²) in [7, 11) is 0. The molecule has 41 heavy (non-hydrogen) atoms. The Morgan fingerprint density at radius 1 is 0.659 bits per heavy atom. The number of azo groups is 1. The minimum absolute atomic E-state index is 0.287. The highest BCUT2D eigenvalue weighted by Crippen LogP contribution is 2.33. The summed E-state index contributed by atoms with van der Waals surface area (Å²) in [5.41, 5.74) is 2.91. The smallest absolute Gasteiger partial charge is 0.303 e. The van der Waals surface area contributed by atoms with E-state index in [1.165, 1.54) is 69.8 Å². The lowest BCUT2D eigenvalue weighted by Gasteiger charge is -2.12. The number of unbranched alkanes of at least 4 members (excludes halogenated alkanes) is 13. The Bertz CT molecular complexity index is 975. The van der Waals surface area contributed by atoms with E-state index in [-0.39, 0.29) is 6.42 Å². The Kier molecular flexibility index (Phi) is 19.0. The minimum atomic E-state index is -0.694. The number of carboxylic acids is 1. The first-order valence-electron chi connectivity index (χ1n) is 16.2. The second kappa shape index (κ2) is 22.8. The Hall–Kier alpha value is -2.89. The van der Waals surface area contributed by atoms with Gasteiger partial charge in [-0.25, -0.2) is 0 Å². The topological polar surface area (TPSA) is 80.5 Å². The van der Waals surface area contributed by atoms with Crippen LogP contribution in [0.15, 0.2) is 52.7 Å². The Morgan fingerprint density at radius 3 is 1.90 bits per heavy atom. The van der Waals surface area contributed by atoms with E-state index in [9.17, 15) is 4.79 Å². The lowest BCUT2D eigenvalue weighted by Crippen LogP contribution is -2.00. The molecule has 0 fully saturated rings. The van der Waals surface area contributed by atoms with Gasteiger partial charge in [0.1, 0.15) is 17.2 Å². The van der Waals surface area contributed by atoms with Crippen molar-refractivity contribution >= 4 is 17.3 Å². The number of rotatable bonds is 25. The summed E-state index contributed by atoms with van der Waals surface area (Å²) in [6, 6.07) is 14.2. The molecule has 0 aliphatic heterocycles. The van der Waals surface area contributed by atoms with Crippen LogP contribution in [0, 0.1) is 0 Å². The Morgan fingerprint density at radius 2 is 1.24 bits per heavy atom. The Balaban J connectivity index is 1.85. The van der Waals surface area contributed by atoms with E-state index in [1.807, 2.05) is 30.3 Å². The predicted octanol–water partition coefficient (Wildman–Crippen LogP) is 11.2. The van der Waals surface area contributed by atoms with Gasteiger partial charge in [0.15, 0.2) is 0 Å². The van der Waals surface area contributed by atoms with E-state index < -0.39 is 5.97 Å². The molecule has 0 atom stereocenters. The number of benzene rings is 2. The van der Waals surface area contributed by atoms with Crippen molar-refractivity contribution in [3.8, 4) is 11.5 Å². The van der Waals surface area contributed by atoms with Gasteiger partial charge in [-0.1, -0.05) is 103 Å². The molecule has 0 saturated carbocycles. The second-order valence-corrected chi connectivity index (χ2v) is 11.0. The molecular formula is C35H54N2O4. The van der Waals surface area contributed by atoms with Crippen molar-refractivity contribution in [2.24, 2.45) is 10.2 Å². The summed E-state index contributed by atoms with van der Waals surface area (Å²) < 4.78 is 12.2. The fraction of sp³-hybridized carbons (Fsp3) is 0.629. The summed E-state index contributed by atoms with van der Waals surface area (Å²) in [5.74, 6) is 0.831. The van der Waals surface area contributed by atoms with Crippen molar-refractivity contribution in [3.05, 3.63) is 48.0 Å². The second-order valence-electron chi connectivity index (χ2n) is 11.0. The SMILES string of the molecule is CCCCCCOc1ccc(N=Nc2ccc(CCCCCC)cc2)c(OCCCCCCCCCCC(=O)O)c1.